The Bertz CT molecular complexity index is 312. The molecule has 0 spiro atoms. The van der Waals surface area contributed by atoms with E-state index in [-0.39, 0.29) is 12.1 Å². The average Bonchev–Trinajstić information content (AvgIpc) is 2.68. The van der Waals surface area contributed by atoms with Crippen molar-refractivity contribution in [3.8, 4) is 0 Å². The standard InChI is InChI=1S/C11H21N3O2/c1-6-12-8(4)11-13-10(14-16-11)9(15-5)7(2)3/h7-9,12H,6H2,1-5H3. The van der Waals surface area contributed by atoms with Gasteiger partial charge in [0.1, 0.15) is 6.10 Å². The maximum absolute atomic E-state index is 5.35. The number of methoxy groups -OCH3 is 1. The monoisotopic (exact) mass is 227 g/mol. The molecule has 0 radical (unpaired) electrons. The molecule has 0 bridgehead atoms. The Balaban J connectivity index is 2.77. The van der Waals surface area contributed by atoms with Gasteiger partial charge in [0.15, 0.2) is 0 Å². The van der Waals surface area contributed by atoms with Crippen molar-refractivity contribution in [2.75, 3.05) is 13.7 Å². The summed E-state index contributed by atoms with van der Waals surface area (Å²) in [4.78, 5) is 4.36. The molecule has 0 aromatic carbocycles. The molecule has 5 heteroatoms. The maximum Gasteiger partial charge on any atom is 0.243 e. The van der Waals surface area contributed by atoms with E-state index in [0.29, 0.717) is 17.6 Å². The van der Waals surface area contributed by atoms with E-state index in [9.17, 15) is 0 Å². The highest BCUT2D eigenvalue weighted by Crippen LogP contribution is 2.23. The normalized spacial score (nSPS) is 15.4. The fourth-order valence-corrected chi connectivity index (χ4v) is 1.61. The van der Waals surface area contributed by atoms with Crippen LogP contribution in [0, 0.1) is 5.92 Å². The summed E-state index contributed by atoms with van der Waals surface area (Å²) in [7, 11) is 1.66. The first-order valence-electron chi connectivity index (χ1n) is 5.69. The molecule has 0 saturated heterocycles. The molecule has 92 valence electrons. The number of ether oxygens (including phenoxy) is 1. The second-order valence-corrected chi connectivity index (χ2v) is 4.17. The van der Waals surface area contributed by atoms with Crippen molar-refractivity contribution in [1.82, 2.24) is 15.5 Å². The first-order chi connectivity index (χ1) is 7.60. The third kappa shape index (κ3) is 3.02. The predicted molar refractivity (Wildman–Crippen MR) is 61.0 cm³/mol. The molecule has 1 aromatic rings. The fraction of sp³-hybridized carbons (Fsp3) is 0.818. The van der Waals surface area contributed by atoms with Gasteiger partial charge in [-0.1, -0.05) is 25.9 Å². The highest BCUT2D eigenvalue weighted by atomic mass is 16.5. The number of aromatic nitrogens is 2. The highest BCUT2D eigenvalue weighted by Gasteiger charge is 2.22. The zero-order valence-electron chi connectivity index (χ0n) is 10.7. The molecule has 2 atom stereocenters. The lowest BCUT2D eigenvalue weighted by molar-refractivity contribution is 0.0555. The van der Waals surface area contributed by atoms with E-state index in [0.717, 1.165) is 6.54 Å². The van der Waals surface area contributed by atoms with E-state index in [4.69, 9.17) is 9.26 Å². The predicted octanol–water partition coefficient (Wildman–Crippen LogP) is 2.08. The summed E-state index contributed by atoms with van der Waals surface area (Å²) in [6.07, 6.45) is -0.105. The summed E-state index contributed by atoms with van der Waals surface area (Å²) >= 11 is 0. The van der Waals surface area contributed by atoms with Gasteiger partial charge in [-0.3, -0.25) is 0 Å². The van der Waals surface area contributed by atoms with Crippen molar-refractivity contribution < 1.29 is 9.26 Å². The third-order valence-electron chi connectivity index (χ3n) is 2.45. The molecule has 1 rings (SSSR count). The summed E-state index contributed by atoms with van der Waals surface area (Å²) < 4.78 is 10.6. The van der Waals surface area contributed by atoms with Gasteiger partial charge in [-0.05, 0) is 19.4 Å². The van der Waals surface area contributed by atoms with Crippen LogP contribution in [0.3, 0.4) is 0 Å². The summed E-state index contributed by atoms with van der Waals surface area (Å²) in [5.74, 6) is 1.56. The maximum atomic E-state index is 5.35. The van der Waals surface area contributed by atoms with Gasteiger partial charge in [0.25, 0.3) is 0 Å². The van der Waals surface area contributed by atoms with Gasteiger partial charge in [-0.15, -0.1) is 0 Å². The smallest absolute Gasteiger partial charge is 0.243 e. The number of hydrogen-bond donors (Lipinski definition) is 1. The Labute approximate surface area is 96.6 Å². The lowest BCUT2D eigenvalue weighted by Gasteiger charge is -2.14. The van der Waals surface area contributed by atoms with Gasteiger partial charge >= 0.3 is 0 Å². The molecule has 0 amide bonds. The van der Waals surface area contributed by atoms with Gasteiger partial charge in [0.2, 0.25) is 11.7 Å². The first kappa shape index (κ1) is 13.1. The summed E-state index contributed by atoms with van der Waals surface area (Å²) in [5, 5.41) is 7.19. The van der Waals surface area contributed by atoms with Gasteiger partial charge in [0.05, 0.1) is 6.04 Å². The van der Waals surface area contributed by atoms with Crippen LogP contribution in [0.1, 0.15) is 51.6 Å². The van der Waals surface area contributed by atoms with Gasteiger partial charge in [-0.2, -0.15) is 4.98 Å². The lowest BCUT2D eigenvalue weighted by Crippen LogP contribution is -2.18. The zero-order valence-corrected chi connectivity index (χ0v) is 10.7. The molecule has 0 fully saturated rings. The van der Waals surface area contributed by atoms with E-state index in [1.54, 1.807) is 7.11 Å². The number of hydrogen-bond acceptors (Lipinski definition) is 5. The number of nitrogens with zero attached hydrogens (tertiary/aromatic N) is 2. The van der Waals surface area contributed by atoms with Crippen LogP contribution in [0.5, 0.6) is 0 Å². The fourth-order valence-electron chi connectivity index (χ4n) is 1.61. The molecular weight excluding hydrogens is 206 g/mol. The Kier molecular flexibility index (Phi) is 4.89. The van der Waals surface area contributed by atoms with Crippen molar-refractivity contribution in [2.24, 2.45) is 5.92 Å². The van der Waals surface area contributed by atoms with Crippen LogP contribution in [0.25, 0.3) is 0 Å². The van der Waals surface area contributed by atoms with Gasteiger partial charge in [0, 0.05) is 7.11 Å². The van der Waals surface area contributed by atoms with Crippen molar-refractivity contribution >= 4 is 0 Å². The largest absolute Gasteiger partial charge is 0.373 e. The highest BCUT2D eigenvalue weighted by molar-refractivity contribution is 4.95. The Morgan fingerprint density at radius 1 is 1.38 bits per heavy atom. The third-order valence-corrected chi connectivity index (χ3v) is 2.45. The van der Waals surface area contributed by atoms with Gasteiger partial charge in [-0.25, -0.2) is 0 Å². The molecule has 0 aliphatic rings. The lowest BCUT2D eigenvalue weighted by atomic mass is 10.1. The molecule has 1 heterocycles. The molecule has 5 nitrogen and oxygen atoms in total. The minimum atomic E-state index is -0.105. The molecule has 2 unspecified atom stereocenters. The van der Waals surface area contributed by atoms with Crippen LogP contribution < -0.4 is 5.32 Å². The SMILES string of the molecule is CCNC(C)c1nc(C(OC)C(C)C)no1. The van der Waals surface area contributed by atoms with Crippen molar-refractivity contribution in [3.63, 3.8) is 0 Å². The van der Waals surface area contributed by atoms with E-state index in [1.165, 1.54) is 0 Å². The number of rotatable bonds is 6. The second-order valence-electron chi connectivity index (χ2n) is 4.17. The number of nitrogens with one attached hydrogen (secondary N) is 1. The minimum absolute atomic E-state index is 0.0796. The Morgan fingerprint density at radius 3 is 2.56 bits per heavy atom. The average molecular weight is 227 g/mol. The van der Waals surface area contributed by atoms with Crippen molar-refractivity contribution in [3.05, 3.63) is 11.7 Å². The Morgan fingerprint density at radius 2 is 2.06 bits per heavy atom. The zero-order chi connectivity index (χ0) is 12.1. The molecule has 16 heavy (non-hydrogen) atoms. The quantitative estimate of drug-likeness (QED) is 0.806. The molecule has 0 aliphatic carbocycles. The minimum Gasteiger partial charge on any atom is -0.373 e. The molecule has 1 aromatic heterocycles. The summed E-state index contributed by atoms with van der Waals surface area (Å²) in [6, 6.07) is 0.0796. The first-order valence-corrected chi connectivity index (χ1v) is 5.69. The van der Waals surface area contributed by atoms with Crippen molar-refractivity contribution in [1.29, 1.82) is 0 Å². The van der Waals surface area contributed by atoms with E-state index in [2.05, 4.69) is 29.3 Å². The van der Waals surface area contributed by atoms with Crippen LogP contribution >= 0.6 is 0 Å². The van der Waals surface area contributed by atoms with E-state index >= 15 is 0 Å². The molecule has 0 saturated carbocycles. The van der Waals surface area contributed by atoms with E-state index < -0.39 is 0 Å². The van der Waals surface area contributed by atoms with Gasteiger partial charge < -0.3 is 14.6 Å². The van der Waals surface area contributed by atoms with Crippen molar-refractivity contribution in [2.45, 2.75) is 39.8 Å². The van der Waals surface area contributed by atoms with E-state index in [1.807, 2.05) is 13.8 Å². The second kappa shape index (κ2) is 5.96. The van der Waals surface area contributed by atoms with Crippen LogP contribution in [0.4, 0.5) is 0 Å². The van der Waals surface area contributed by atoms with Crippen LogP contribution in [0.2, 0.25) is 0 Å². The molecular formula is C11H21N3O2. The van der Waals surface area contributed by atoms with Crippen LogP contribution in [0.15, 0.2) is 4.52 Å². The van der Waals surface area contributed by atoms with Crippen LogP contribution in [-0.4, -0.2) is 23.8 Å². The summed E-state index contributed by atoms with van der Waals surface area (Å²) in [5.41, 5.74) is 0. The molecule has 1 N–H and O–H groups in total. The molecule has 0 aliphatic heterocycles. The Hall–Kier alpha value is -0.940. The summed E-state index contributed by atoms with van der Waals surface area (Å²) in [6.45, 7) is 9.05. The topological polar surface area (TPSA) is 60.2 Å². The van der Waals surface area contributed by atoms with Crippen LogP contribution in [-0.2, 0) is 4.74 Å².